The highest BCUT2D eigenvalue weighted by atomic mass is 32.1. The minimum atomic E-state index is -4.37. The molecule has 6 heteroatoms. The van der Waals surface area contributed by atoms with E-state index in [-0.39, 0.29) is 5.78 Å². The van der Waals surface area contributed by atoms with Gasteiger partial charge in [0, 0.05) is 4.88 Å². The third-order valence-corrected chi connectivity index (χ3v) is 6.59. The van der Waals surface area contributed by atoms with E-state index >= 15 is 0 Å². The summed E-state index contributed by atoms with van der Waals surface area (Å²) >= 11 is 1.31. The lowest BCUT2D eigenvalue weighted by Gasteiger charge is -2.24. The molecule has 2 nitrogen and oxygen atoms in total. The van der Waals surface area contributed by atoms with Crippen LogP contribution in [-0.2, 0) is 11.6 Å². The van der Waals surface area contributed by atoms with E-state index in [0.717, 1.165) is 39.4 Å². The summed E-state index contributed by atoms with van der Waals surface area (Å²) in [4.78, 5) is 14.8. The molecule has 0 amide bonds. The molecule has 2 aromatic carbocycles. The van der Waals surface area contributed by atoms with Gasteiger partial charge in [0.05, 0.1) is 23.0 Å². The van der Waals surface area contributed by atoms with E-state index < -0.39 is 17.2 Å². The van der Waals surface area contributed by atoms with Gasteiger partial charge in [0.25, 0.3) is 0 Å². The molecule has 0 saturated carbocycles. The first kappa shape index (κ1) is 22.1. The van der Waals surface area contributed by atoms with Crippen LogP contribution in [0.4, 0.5) is 13.2 Å². The van der Waals surface area contributed by atoms with Gasteiger partial charge in [-0.25, -0.2) is 0 Å². The number of hydrogen-bond acceptors (Lipinski definition) is 3. The standard InChI is InChI=1S/C24H23F3O2S/c1-14-12-18(10-11-19(14)29-5)23(3,4)22(28)21-15(2)13-20(30-21)16-6-8-17(9-7-16)24(25,26)27/h6-13H,1-5H3. The number of halogens is 3. The first-order valence-electron chi connectivity index (χ1n) is 9.43. The molecular weight excluding hydrogens is 409 g/mol. The van der Waals surface area contributed by atoms with Gasteiger partial charge in [-0.05, 0) is 74.2 Å². The van der Waals surface area contributed by atoms with Crippen molar-refractivity contribution in [1.29, 1.82) is 0 Å². The summed E-state index contributed by atoms with van der Waals surface area (Å²) in [7, 11) is 1.61. The van der Waals surface area contributed by atoms with E-state index in [0.29, 0.717) is 10.4 Å². The van der Waals surface area contributed by atoms with Gasteiger partial charge in [-0.15, -0.1) is 11.3 Å². The smallest absolute Gasteiger partial charge is 0.416 e. The molecule has 0 unspecified atom stereocenters. The molecule has 0 bridgehead atoms. The van der Waals surface area contributed by atoms with Crippen molar-refractivity contribution in [3.8, 4) is 16.2 Å². The number of ether oxygens (including phenoxy) is 1. The van der Waals surface area contributed by atoms with E-state index in [1.54, 1.807) is 7.11 Å². The first-order chi connectivity index (χ1) is 13.9. The van der Waals surface area contributed by atoms with Crippen LogP contribution in [0, 0.1) is 13.8 Å². The molecule has 0 radical (unpaired) electrons. The quantitative estimate of drug-likeness (QED) is 0.398. The Morgan fingerprint density at radius 1 is 0.900 bits per heavy atom. The van der Waals surface area contributed by atoms with Gasteiger partial charge >= 0.3 is 6.18 Å². The third-order valence-electron chi connectivity index (χ3n) is 5.30. The number of Topliss-reactive ketones (excluding diaryl/α,β-unsaturated/α-hetero) is 1. The predicted molar refractivity (Wildman–Crippen MR) is 115 cm³/mol. The number of aryl methyl sites for hydroxylation is 2. The van der Waals surface area contributed by atoms with Gasteiger partial charge in [-0.2, -0.15) is 13.2 Å². The van der Waals surface area contributed by atoms with Crippen LogP contribution >= 0.6 is 11.3 Å². The third kappa shape index (κ3) is 4.15. The van der Waals surface area contributed by atoms with Gasteiger partial charge in [0.1, 0.15) is 5.75 Å². The number of methoxy groups -OCH3 is 1. The van der Waals surface area contributed by atoms with Crippen LogP contribution in [0.2, 0.25) is 0 Å². The molecular formula is C24H23F3O2S. The summed E-state index contributed by atoms with van der Waals surface area (Å²) in [6.07, 6.45) is -4.37. The number of rotatable bonds is 5. The van der Waals surface area contributed by atoms with E-state index in [4.69, 9.17) is 4.74 Å². The van der Waals surface area contributed by atoms with Crippen molar-refractivity contribution in [3.63, 3.8) is 0 Å². The Balaban J connectivity index is 1.94. The fourth-order valence-electron chi connectivity index (χ4n) is 3.36. The molecule has 30 heavy (non-hydrogen) atoms. The van der Waals surface area contributed by atoms with Crippen LogP contribution in [0.5, 0.6) is 5.75 Å². The molecule has 0 N–H and O–H groups in total. The zero-order valence-electron chi connectivity index (χ0n) is 17.5. The van der Waals surface area contributed by atoms with Gasteiger partial charge < -0.3 is 4.74 Å². The topological polar surface area (TPSA) is 26.3 Å². The van der Waals surface area contributed by atoms with Gasteiger partial charge in [0.2, 0.25) is 0 Å². The fraction of sp³-hybridized carbons (Fsp3) is 0.292. The maximum atomic E-state index is 13.4. The molecule has 0 spiro atoms. The highest BCUT2D eigenvalue weighted by Crippen LogP contribution is 2.38. The molecule has 158 valence electrons. The lowest BCUT2D eigenvalue weighted by Crippen LogP contribution is -2.29. The molecule has 0 saturated heterocycles. The molecule has 3 aromatic rings. The molecule has 3 rings (SSSR count). The summed E-state index contributed by atoms with van der Waals surface area (Å²) in [5.41, 5.74) is 1.86. The number of carbonyl (C=O) groups excluding carboxylic acids is 1. The number of ketones is 1. The number of hydrogen-bond donors (Lipinski definition) is 0. The summed E-state index contributed by atoms with van der Waals surface area (Å²) in [5, 5.41) is 0. The number of alkyl halides is 3. The SMILES string of the molecule is COc1ccc(C(C)(C)C(=O)c2sc(-c3ccc(C(F)(F)F)cc3)cc2C)cc1C. The maximum Gasteiger partial charge on any atom is 0.416 e. The van der Waals surface area contributed by atoms with E-state index in [9.17, 15) is 18.0 Å². The second-order valence-electron chi connectivity index (χ2n) is 7.84. The van der Waals surface area contributed by atoms with Crippen molar-refractivity contribution in [3.05, 3.63) is 75.7 Å². The zero-order chi connectivity index (χ0) is 22.3. The van der Waals surface area contributed by atoms with Crippen LogP contribution < -0.4 is 4.74 Å². The molecule has 0 aliphatic heterocycles. The average Bonchev–Trinajstić information content (AvgIpc) is 3.08. The van der Waals surface area contributed by atoms with Gasteiger partial charge in [-0.3, -0.25) is 4.79 Å². The second-order valence-corrected chi connectivity index (χ2v) is 8.89. The molecule has 1 heterocycles. The molecule has 0 atom stereocenters. The highest BCUT2D eigenvalue weighted by molar-refractivity contribution is 7.17. The summed E-state index contributed by atoms with van der Waals surface area (Å²) in [6.45, 7) is 7.55. The lowest BCUT2D eigenvalue weighted by atomic mass is 9.79. The molecule has 0 aliphatic carbocycles. The van der Waals surface area contributed by atoms with Crippen molar-refractivity contribution in [2.45, 2.75) is 39.3 Å². The minimum Gasteiger partial charge on any atom is -0.496 e. The normalized spacial score (nSPS) is 12.1. The van der Waals surface area contributed by atoms with Crippen LogP contribution in [0.15, 0.2) is 48.5 Å². The Hall–Kier alpha value is -2.60. The van der Waals surface area contributed by atoms with Crippen LogP contribution in [0.25, 0.3) is 10.4 Å². The number of benzene rings is 2. The Bertz CT molecular complexity index is 1080. The summed E-state index contributed by atoms with van der Waals surface area (Å²) in [5.74, 6) is 0.742. The van der Waals surface area contributed by atoms with Crippen molar-refractivity contribution < 1.29 is 22.7 Å². The highest BCUT2D eigenvalue weighted by Gasteiger charge is 2.34. The second kappa shape index (κ2) is 7.91. The van der Waals surface area contributed by atoms with Gasteiger partial charge in [-0.1, -0.05) is 24.3 Å². The minimum absolute atomic E-state index is 0.0206. The van der Waals surface area contributed by atoms with E-state index in [1.807, 2.05) is 52.0 Å². The number of carbonyl (C=O) groups is 1. The van der Waals surface area contributed by atoms with E-state index in [1.165, 1.54) is 23.5 Å². The lowest BCUT2D eigenvalue weighted by molar-refractivity contribution is -0.137. The Morgan fingerprint density at radius 2 is 1.50 bits per heavy atom. The van der Waals surface area contributed by atoms with E-state index in [2.05, 4.69) is 0 Å². The van der Waals surface area contributed by atoms with Crippen LogP contribution in [0.3, 0.4) is 0 Å². The van der Waals surface area contributed by atoms with Crippen LogP contribution in [-0.4, -0.2) is 12.9 Å². The van der Waals surface area contributed by atoms with Crippen molar-refractivity contribution in [2.24, 2.45) is 0 Å². The fourth-order valence-corrected chi connectivity index (χ4v) is 4.63. The summed E-state index contributed by atoms with van der Waals surface area (Å²) in [6, 6.07) is 12.6. The van der Waals surface area contributed by atoms with Crippen LogP contribution in [0.1, 0.15) is 45.8 Å². The first-order valence-corrected chi connectivity index (χ1v) is 10.2. The molecule has 0 aliphatic rings. The Labute approximate surface area is 178 Å². The largest absolute Gasteiger partial charge is 0.496 e. The predicted octanol–water partition coefficient (Wildman–Crippen LogP) is 7.22. The Kier molecular flexibility index (Phi) is 5.83. The van der Waals surface area contributed by atoms with Crippen molar-refractivity contribution in [2.75, 3.05) is 7.11 Å². The average molecular weight is 433 g/mol. The molecule has 1 aromatic heterocycles. The summed E-state index contributed by atoms with van der Waals surface area (Å²) < 4.78 is 43.7. The maximum absolute atomic E-state index is 13.4. The molecule has 0 fully saturated rings. The Morgan fingerprint density at radius 3 is 2.03 bits per heavy atom. The van der Waals surface area contributed by atoms with Crippen molar-refractivity contribution >= 4 is 17.1 Å². The monoisotopic (exact) mass is 432 g/mol. The zero-order valence-corrected chi connectivity index (χ0v) is 18.3. The van der Waals surface area contributed by atoms with Crippen molar-refractivity contribution in [1.82, 2.24) is 0 Å². The van der Waals surface area contributed by atoms with Gasteiger partial charge in [0.15, 0.2) is 5.78 Å². The number of thiophene rings is 1.